The average Bonchev–Trinajstić information content (AvgIpc) is 2.96. The predicted octanol–water partition coefficient (Wildman–Crippen LogP) is 3.74. The van der Waals surface area contributed by atoms with Crippen molar-refractivity contribution in [3.05, 3.63) is 112 Å². The SMILES string of the molecule is CN(C)c1ccc(/C(=C2\C=CC(=[N+](C)C)C(S(=O)(=O)O)=C2)c2ccc(N(C)Cc3ccc(S(=O)(=O)O)cc3)cc2)cc1S(=O)(=O)O. The summed E-state index contributed by atoms with van der Waals surface area (Å²) >= 11 is 0. The summed E-state index contributed by atoms with van der Waals surface area (Å²) in [5, 5.41) is 0. The lowest BCUT2D eigenvalue weighted by Crippen LogP contribution is -2.21. The van der Waals surface area contributed by atoms with Crippen LogP contribution in [0.2, 0.25) is 0 Å². The Morgan fingerprint density at radius 3 is 1.80 bits per heavy atom. The van der Waals surface area contributed by atoms with E-state index in [1.165, 1.54) is 45.9 Å². The highest BCUT2D eigenvalue weighted by atomic mass is 32.2. The molecule has 0 unspecified atom stereocenters. The molecule has 3 N–H and O–H groups in total. The molecular weight excluding hydrogens is 655 g/mol. The molecule has 1 aliphatic carbocycles. The first-order chi connectivity index (χ1) is 21.3. The van der Waals surface area contributed by atoms with Crippen molar-refractivity contribution in [1.82, 2.24) is 0 Å². The maximum atomic E-state index is 12.4. The molecular formula is C31H34N3O9S3+. The third-order valence-corrected chi connectivity index (χ3v) is 9.89. The van der Waals surface area contributed by atoms with Gasteiger partial charge in [-0.2, -0.15) is 25.3 Å². The van der Waals surface area contributed by atoms with Crippen LogP contribution in [-0.2, 0) is 36.9 Å². The lowest BCUT2D eigenvalue weighted by atomic mass is 9.90. The van der Waals surface area contributed by atoms with E-state index in [-0.39, 0.29) is 26.1 Å². The molecule has 3 aromatic rings. The molecule has 0 heterocycles. The topological polar surface area (TPSA) is 173 Å². The van der Waals surface area contributed by atoms with E-state index < -0.39 is 30.4 Å². The van der Waals surface area contributed by atoms with Crippen LogP contribution < -0.4 is 9.80 Å². The monoisotopic (exact) mass is 688 g/mol. The van der Waals surface area contributed by atoms with Crippen LogP contribution in [0.3, 0.4) is 0 Å². The van der Waals surface area contributed by atoms with Crippen LogP contribution in [0, 0.1) is 0 Å². The minimum atomic E-state index is -4.66. The molecule has 0 bridgehead atoms. The standard InChI is InChI=1S/C31H33N3O9S3/c1-32(2)27-16-10-23(18-29(27)45(38,39)40)31(24-11-17-28(33(3)4)30(19-24)46(41,42)43)22-8-12-25(13-9-22)34(5)20-21-6-14-26(15-7-21)44(35,36)37/h6-19H,20H2,1-5H3,(H2-,35,36,37,38,39,40,41,42,43)/p+1. The van der Waals surface area contributed by atoms with Gasteiger partial charge in [0.1, 0.15) is 19.0 Å². The minimum absolute atomic E-state index is 0.210. The second-order valence-electron chi connectivity index (χ2n) is 11.0. The molecule has 12 nitrogen and oxygen atoms in total. The van der Waals surface area contributed by atoms with Gasteiger partial charge in [-0.25, -0.2) is 4.58 Å². The highest BCUT2D eigenvalue weighted by Gasteiger charge is 2.29. The molecule has 244 valence electrons. The molecule has 0 saturated carbocycles. The fraction of sp³-hybridized carbons (Fsp3) is 0.194. The zero-order chi connectivity index (χ0) is 34.2. The predicted molar refractivity (Wildman–Crippen MR) is 177 cm³/mol. The first-order valence-corrected chi connectivity index (χ1v) is 17.9. The summed E-state index contributed by atoms with van der Waals surface area (Å²) in [6, 6.07) is 17.4. The molecule has 4 rings (SSSR count). The van der Waals surface area contributed by atoms with Crippen molar-refractivity contribution >= 4 is 53.0 Å². The van der Waals surface area contributed by atoms with Crippen LogP contribution in [-0.4, -0.2) is 84.4 Å². The highest BCUT2D eigenvalue weighted by Crippen LogP contribution is 2.36. The zero-order valence-electron chi connectivity index (χ0n) is 25.6. The van der Waals surface area contributed by atoms with Gasteiger partial charge < -0.3 is 9.80 Å². The number of hydrogen-bond donors (Lipinski definition) is 3. The third-order valence-electron chi connectivity index (χ3n) is 7.25. The molecule has 0 saturated heterocycles. The third kappa shape index (κ3) is 7.81. The van der Waals surface area contributed by atoms with E-state index in [9.17, 15) is 38.9 Å². The molecule has 0 radical (unpaired) electrons. The smallest absolute Gasteiger partial charge is 0.301 e. The number of allylic oxidation sites excluding steroid dienone is 5. The summed E-state index contributed by atoms with van der Waals surface area (Å²) in [7, 11) is -5.28. The maximum absolute atomic E-state index is 12.4. The largest absolute Gasteiger partial charge is 0.377 e. The second-order valence-corrected chi connectivity index (χ2v) is 15.2. The molecule has 0 aromatic heterocycles. The summed E-state index contributed by atoms with van der Waals surface area (Å²) in [4.78, 5) is 2.54. The van der Waals surface area contributed by atoms with E-state index in [2.05, 4.69) is 0 Å². The highest BCUT2D eigenvalue weighted by molar-refractivity contribution is 7.91. The van der Waals surface area contributed by atoms with Crippen molar-refractivity contribution in [2.45, 2.75) is 16.3 Å². The lowest BCUT2D eigenvalue weighted by molar-refractivity contribution is -0.462. The zero-order valence-corrected chi connectivity index (χ0v) is 28.1. The molecule has 1 aliphatic rings. The van der Waals surface area contributed by atoms with E-state index in [0.717, 1.165) is 11.3 Å². The quantitative estimate of drug-likeness (QED) is 0.221. The van der Waals surface area contributed by atoms with Gasteiger partial charge >= 0.3 is 10.1 Å². The van der Waals surface area contributed by atoms with Crippen molar-refractivity contribution in [2.24, 2.45) is 0 Å². The van der Waals surface area contributed by atoms with Crippen LogP contribution >= 0.6 is 0 Å². The van der Waals surface area contributed by atoms with Crippen molar-refractivity contribution < 1.29 is 43.5 Å². The van der Waals surface area contributed by atoms with Crippen LogP contribution in [0.1, 0.15) is 16.7 Å². The first-order valence-electron chi connectivity index (χ1n) is 13.6. The molecule has 3 aromatic carbocycles. The number of rotatable bonds is 9. The van der Waals surface area contributed by atoms with Crippen LogP contribution in [0.5, 0.6) is 0 Å². The van der Waals surface area contributed by atoms with Crippen molar-refractivity contribution in [1.29, 1.82) is 0 Å². The van der Waals surface area contributed by atoms with Crippen molar-refractivity contribution in [3.8, 4) is 0 Å². The van der Waals surface area contributed by atoms with Gasteiger partial charge in [-0.1, -0.05) is 30.3 Å². The van der Waals surface area contributed by atoms with E-state index in [4.69, 9.17) is 0 Å². The fourth-order valence-corrected chi connectivity index (χ4v) is 7.07. The summed E-state index contributed by atoms with van der Waals surface area (Å²) in [5.41, 5.74) is 3.76. The number of nitrogens with zero attached hydrogens (tertiary/aromatic N) is 3. The van der Waals surface area contributed by atoms with Gasteiger partial charge in [0.2, 0.25) is 5.71 Å². The Bertz CT molecular complexity index is 2130. The minimum Gasteiger partial charge on any atom is -0.377 e. The van der Waals surface area contributed by atoms with Crippen LogP contribution in [0.4, 0.5) is 11.4 Å². The Balaban J connectivity index is 1.86. The van der Waals surface area contributed by atoms with Gasteiger partial charge in [0.05, 0.1) is 10.6 Å². The normalized spacial score (nSPS) is 15.0. The lowest BCUT2D eigenvalue weighted by Gasteiger charge is -2.22. The Labute approximate surface area is 269 Å². The molecule has 0 aliphatic heterocycles. The molecule has 0 amide bonds. The first kappa shape index (κ1) is 34.7. The maximum Gasteiger partial charge on any atom is 0.301 e. The summed E-state index contributed by atoms with van der Waals surface area (Å²) < 4.78 is 103. The van der Waals surface area contributed by atoms with E-state index in [0.29, 0.717) is 28.8 Å². The molecule has 46 heavy (non-hydrogen) atoms. The Morgan fingerprint density at radius 1 is 0.717 bits per heavy atom. The number of anilines is 2. The fourth-order valence-electron chi connectivity index (χ4n) is 5.01. The van der Waals surface area contributed by atoms with Gasteiger partial charge in [0.25, 0.3) is 20.2 Å². The Morgan fingerprint density at radius 2 is 1.30 bits per heavy atom. The molecule has 15 heteroatoms. The Kier molecular flexibility index (Phi) is 9.78. The van der Waals surface area contributed by atoms with Crippen LogP contribution in [0.15, 0.2) is 105 Å². The summed E-state index contributed by atoms with van der Waals surface area (Å²) in [5.74, 6) is 0. The van der Waals surface area contributed by atoms with Crippen molar-refractivity contribution in [2.75, 3.05) is 45.0 Å². The van der Waals surface area contributed by atoms with E-state index in [1.54, 1.807) is 76.7 Å². The Hall–Kier alpha value is -4.12. The molecule has 0 spiro atoms. The second kappa shape index (κ2) is 12.9. The summed E-state index contributed by atoms with van der Waals surface area (Å²) in [6.07, 6.45) is 4.50. The van der Waals surface area contributed by atoms with Gasteiger partial charge in [-0.3, -0.25) is 13.7 Å². The number of hydrogen-bond acceptors (Lipinski definition) is 8. The van der Waals surface area contributed by atoms with E-state index in [1.807, 2.05) is 11.9 Å². The molecule has 0 fully saturated rings. The molecule has 0 atom stereocenters. The van der Waals surface area contributed by atoms with Gasteiger partial charge in [-0.05, 0) is 76.4 Å². The van der Waals surface area contributed by atoms with Gasteiger partial charge in [0, 0.05) is 39.5 Å². The van der Waals surface area contributed by atoms with Crippen molar-refractivity contribution in [3.63, 3.8) is 0 Å². The number of benzene rings is 3. The van der Waals surface area contributed by atoms with Crippen LogP contribution in [0.25, 0.3) is 5.57 Å². The van der Waals surface area contributed by atoms with E-state index >= 15 is 0 Å². The van der Waals surface area contributed by atoms with Gasteiger partial charge in [0.15, 0.2) is 4.91 Å². The van der Waals surface area contributed by atoms with Gasteiger partial charge in [-0.15, -0.1) is 0 Å². The summed E-state index contributed by atoms with van der Waals surface area (Å²) in [6.45, 7) is 0.398. The average molecular weight is 689 g/mol.